The van der Waals surface area contributed by atoms with Gasteiger partial charge in [0.05, 0.1) is 11.1 Å². The lowest BCUT2D eigenvalue weighted by molar-refractivity contribution is 0.0657. The van der Waals surface area contributed by atoms with Crippen LogP contribution in [0, 0.1) is 0 Å². The lowest BCUT2D eigenvalue weighted by atomic mass is 10.1. The van der Waals surface area contributed by atoms with Gasteiger partial charge in [-0.1, -0.05) is 12.1 Å². The van der Waals surface area contributed by atoms with Crippen molar-refractivity contribution >= 4 is 45.1 Å². The van der Waals surface area contributed by atoms with Crippen LogP contribution in [0.2, 0.25) is 0 Å². The maximum atomic E-state index is 12.8. The predicted octanol–water partition coefficient (Wildman–Crippen LogP) is 2.15. The molecule has 1 fully saturated rings. The number of nitrogens with one attached hydrogen (secondary N) is 2. The Labute approximate surface area is 142 Å². The van der Waals surface area contributed by atoms with Gasteiger partial charge in [0.25, 0.3) is 5.91 Å². The fourth-order valence-electron chi connectivity index (χ4n) is 2.72. The average Bonchev–Trinajstić information content (AvgIpc) is 2.47. The summed E-state index contributed by atoms with van der Waals surface area (Å²) in [5.41, 5.74) is 0.862. The number of carbonyl (C=O) groups is 1. The number of H-pyrrole nitrogens is 1. The maximum Gasteiger partial charge on any atom is 0.255 e. The zero-order valence-electron chi connectivity index (χ0n) is 12.1. The average molecular weight is 387 g/mol. The molecule has 1 aromatic carbocycles. The first kappa shape index (κ1) is 17.0. The van der Waals surface area contributed by atoms with Crippen molar-refractivity contribution < 1.29 is 4.79 Å². The first-order valence-electron chi connectivity index (χ1n) is 6.91. The first-order valence-corrected chi connectivity index (χ1v) is 7.70. The van der Waals surface area contributed by atoms with Gasteiger partial charge in [-0.25, -0.2) is 0 Å². The van der Waals surface area contributed by atoms with Crippen molar-refractivity contribution in [3.05, 3.63) is 44.7 Å². The predicted molar refractivity (Wildman–Crippen MR) is 92.9 cm³/mol. The van der Waals surface area contributed by atoms with Crippen molar-refractivity contribution in [2.24, 2.45) is 0 Å². The molecule has 1 aromatic heterocycles. The highest BCUT2D eigenvalue weighted by atomic mass is 79.9. The molecular formula is C15H17BrClN3O2. The van der Waals surface area contributed by atoms with Gasteiger partial charge in [0.1, 0.15) is 0 Å². The number of carbonyl (C=O) groups excluding carboxylic acids is 1. The zero-order valence-corrected chi connectivity index (χ0v) is 14.5. The van der Waals surface area contributed by atoms with Crippen molar-refractivity contribution in [3.63, 3.8) is 0 Å². The molecule has 2 N–H and O–H groups in total. The lowest BCUT2D eigenvalue weighted by Gasteiger charge is -2.34. The Morgan fingerprint density at radius 1 is 1.41 bits per heavy atom. The van der Waals surface area contributed by atoms with Crippen LogP contribution < -0.4 is 10.9 Å². The number of pyridine rings is 1. The van der Waals surface area contributed by atoms with Crippen LogP contribution in [-0.4, -0.2) is 41.5 Å². The number of halogens is 2. The summed E-state index contributed by atoms with van der Waals surface area (Å²) in [4.78, 5) is 29.3. The molecule has 0 radical (unpaired) electrons. The van der Waals surface area contributed by atoms with E-state index in [0.29, 0.717) is 17.6 Å². The van der Waals surface area contributed by atoms with Crippen LogP contribution in [0.5, 0.6) is 0 Å². The van der Waals surface area contributed by atoms with E-state index in [9.17, 15) is 9.59 Å². The Morgan fingerprint density at radius 2 is 2.18 bits per heavy atom. The van der Waals surface area contributed by atoms with Crippen LogP contribution in [0.3, 0.4) is 0 Å². The molecule has 0 unspecified atom stereocenters. The number of aromatic nitrogens is 1. The van der Waals surface area contributed by atoms with E-state index in [2.05, 4.69) is 26.2 Å². The number of fused-ring (bicyclic) bond motifs is 1. The van der Waals surface area contributed by atoms with Gasteiger partial charge in [-0.2, -0.15) is 0 Å². The van der Waals surface area contributed by atoms with E-state index in [4.69, 9.17) is 0 Å². The van der Waals surface area contributed by atoms with Gasteiger partial charge in [0.2, 0.25) is 5.56 Å². The molecular weight excluding hydrogens is 370 g/mol. The van der Waals surface area contributed by atoms with E-state index in [0.717, 1.165) is 22.9 Å². The molecule has 7 heteroatoms. The van der Waals surface area contributed by atoms with Crippen molar-refractivity contribution in [1.29, 1.82) is 0 Å². The van der Waals surface area contributed by atoms with Crippen LogP contribution in [0.25, 0.3) is 10.9 Å². The summed E-state index contributed by atoms with van der Waals surface area (Å²) in [5, 5.41) is 4.02. The minimum atomic E-state index is -0.263. The second-order valence-electron chi connectivity index (χ2n) is 5.26. The molecule has 2 aromatic rings. The minimum Gasteiger partial charge on any atom is -0.333 e. The number of aromatic amines is 1. The summed E-state index contributed by atoms with van der Waals surface area (Å²) in [5.74, 6) is -0.0850. The number of hydrogen-bond donors (Lipinski definition) is 2. The summed E-state index contributed by atoms with van der Waals surface area (Å²) < 4.78 is 0.778. The number of benzene rings is 1. The number of hydrogen-bond acceptors (Lipinski definition) is 3. The van der Waals surface area contributed by atoms with Crippen LogP contribution in [0.15, 0.2) is 33.5 Å². The van der Waals surface area contributed by atoms with E-state index in [1.165, 1.54) is 6.07 Å². The fourth-order valence-corrected chi connectivity index (χ4v) is 3.18. The van der Waals surface area contributed by atoms with Crippen molar-refractivity contribution in [2.45, 2.75) is 13.0 Å². The highest BCUT2D eigenvalue weighted by molar-refractivity contribution is 9.10. The molecule has 1 amide bonds. The number of nitrogens with zero attached hydrogens (tertiary/aromatic N) is 1. The third kappa shape index (κ3) is 3.04. The van der Waals surface area contributed by atoms with Gasteiger partial charge in [-0.15, -0.1) is 12.4 Å². The molecule has 1 aliphatic heterocycles. The molecule has 1 atom stereocenters. The number of rotatable bonds is 1. The molecule has 22 heavy (non-hydrogen) atoms. The zero-order chi connectivity index (χ0) is 15.0. The Bertz CT molecular complexity index is 762. The summed E-state index contributed by atoms with van der Waals surface area (Å²) in [7, 11) is 0. The van der Waals surface area contributed by atoms with Gasteiger partial charge in [0, 0.05) is 41.6 Å². The van der Waals surface area contributed by atoms with E-state index in [1.807, 2.05) is 30.0 Å². The third-order valence-corrected chi connectivity index (χ3v) is 4.48. The maximum absolute atomic E-state index is 12.8. The van der Waals surface area contributed by atoms with Crippen LogP contribution >= 0.6 is 28.3 Å². The highest BCUT2D eigenvalue weighted by Crippen LogP contribution is 2.24. The molecule has 0 spiro atoms. The molecule has 3 rings (SSSR count). The monoisotopic (exact) mass is 385 g/mol. The molecule has 1 aliphatic rings. The van der Waals surface area contributed by atoms with Gasteiger partial charge in [-0.05, 0) is 28.9 Å². The fraction of sp³-hybridized carbons (Fsp3) is 0.333. The lowest BCUT2D eigenvalue weighted by Crippen LogP contribution is -2.52. The minimum absolute atomic E-state index is 0. The van der Waals surface area contributed by atoms with E-state index >= 15 is 0 Å². The SMILES string of the molecule is C[C@@H]1CNCCN1C(=O)c1cc(=O)[nH]c2c(Br)cccc12.Cl. The number of para-hydroxylation sites is 1. The third-order valence-electron chi connectivity index (χ3n) is 3.82. The first-order chi connectivity index (χ1) is 10.1. The number of amides is 1. The van der Waals surface area contributed by atoms with E-state index in [-0.39, 0.29) is 29.9 Å². The molecule has 0 aliphatic carbocycles. The van der Waals surface area contributed by atoms with Crippen LogP contribution in [0.1, 0.15) is 17.3 Å². The van der Waals surface area contributed by atoms with E-state index in [1.54, 1.807) is 0 Å². The molecule has 0 saturated carbocycles. The van der Waals surface area contributed by atoms with Gasteiger partial charge < -0.3 is 15.2 Å². The van der Waals surface area contributed by atoms with Gasteiger partial charge >= 0.3 is 0 Å². The molecule has 118 valence electrons. The van der Waals surface area contributed by atoms with Crippen molar-refractivity contribution in [2.75, 3.05) is 19.6 Å². The Morgan fingerprint density at radius 3 is 2.91 bits per heavy atom. The molecule has 0 bridgehead atoms. The van der Waals surface area contributed by atoms with Crippen molar-refractivity contribution in [1.82, 2.24) is 15.2 Å². The van der Waals surface area contributed by atoms with Crippen LogP contribution in [0.4, 0.5) is 0 Å². The molecule has 1 saturated heterocycles. The normalized spacial score (nSPS) is 18.1. The van der Waals surface area contributed by atoms with E-state index < -0.39 is 0 Å². The topological polar surface area (TPSA) is 65.2 Å². The Hall–Kier alpha value is -1.37. The molecule has 5 nitrogen and oxygen atoms in total. The second-order valence-corrected chi connectivity index (χ2v) is 6.12. The van der Waals surface area contributed by atoms with Crippen molar-refractivity contribution in [3.8, 4) is 0 Å². The Balaban J connectivity index is 0.00000176. The second kappa shape index (κ2) is 6.81. The van der Waals surface area contributed by atoms with Gasteiger partial charge in [0.15, 0.2) is 0 Å². The highest BCUT2D eigenvalue weighted by Gasteiger charge is 2.25. The summed E-state index contributed by atoms with van der Waals surface area (Å²) >= 11 is 3.42. The summed E-state index contributed by atoms with van der Waals surface area (Å²) in [6, 6.07) is 7.08. The smallest absolute Gasteiger partial charge is 0.255 e. The Kier molecular flexibility index (Phi) is 5.26. The quantitative estimate of drug-likeness (QED) is 0.789. The largest absolute Gasteiger partial charge is 0.333 e. The standard InChI is InChI=1S/C15H16BrN3O2.ClH/c1-9-8-17-5-6-19(9)15(21)11-7-13(20)18-14-10(11)3-2-4-12(14)16;/h2-4,7,9,17H,5-6,8H2,1H3,(H,18,20);1H/t9-;/m1./s1. The van der Waals surface area contributed by atoms with Crippen LogP contribution in [-0.2, 0) is 0 Å². The summed E-state index contributed by atoms with van der Waals surface area (Å²) in [6.07, 6.45) is 0. The van der Waals surface area contributed by atoms with Gasteiger partial charge in [-0.3, -0.25) is 9.59 Å². The number of piperazine rings is 1. The summed E-state index contributed by atoms with van der Waals surface area (Å²) in [6.45, 7) is 4.22. The molecule has 2 heterocycles.